The van der Waals surface area contributed by atoms with Crippen LogP contribution in [0.1, 0.15) is 12.0 Å². The van der Waals surface area contributed by atoms with Crippen molar-refractivity contribution in [2.45, 2.75) is 18.9 Å². The van der Waals surface area contributed by atoms with E-state index in [0.29, 0.717) is 6.42 Å². The summed E-state index contributed by atoms with van der Waals surface area (Å²) in [5.41, 5.74) is 8.47. The molecule has 0 aromatic heterocycles. The smallest absolute Gasteiger partial charge is 0.320 e. The van der Waals surface area contributed by atoms with Crippen LogP contribution in [0.4, 0.5) is 0 Å². The fourth-order valence-corrected chi connectivity index (χ4v) is 2.50. The van der Waals surface area contributed by atoms with E-state index in [1.165, 1.54) is 0 Å². The van der Waals surface area contributed by atoms with Crippen molar-refractivity contribution in [3.8, 4) is 11.1 Å². The van der Waals surface area contributed by atoms with E-state index in [-0.39, 0.29) is 18.8 Å². The highest BCUT2D eigenvalue weighted by atomic mass is 16.4. The molecule has 2 rings (SSSR count). The second-order valence-corrected chi connectivity index (χ2v) is 5.76. The number of carbonyl (C=O) groups is 2. The van der Waals surface area contributed by atoms with E-state index in [1.54, 1.807) is 0 Å². The fourth-order valence-electron chi connectivity index (χ4n) is 2.50. The van der Waals surface area contributed by atoms with E-state index in [2.05, 4.69) is 0 Å². The van der Waals surface area contributed by atoms with E-state index in [9.17, 15) is 14.7 Å². The van der Waals surface area contributed by atoms with Crippen LogP contribution in [0.25, 0.3) is 11.1 Å². The van der Waals surface area contributed by atoms with Crippen LogP contribution in [0.2, 0.25) is 0 Å². The number of aliphatic hydroxyl groups excluding tert-OH is 1. The first-order valence-electron chi connectivity index (χ1n) is 7.77. The number of carboxylic acids is 1. The summed E-state index contributed by atoms with van der Waals surface area (Å²) in [6.45, 7) is -0.328. The van der Waals surface area contributed by atoms with Gasteiger partial charge in [-0.25, -0.2) is 0 Å². The Balaban J connectivity index is 2.03. The van der Waals surface area contributed by atoms with Gasteiger partial charge in [-0.3, -0.25) is 9.59 Å². The largest absolute Gasteiger partial charge is 0.480 e. The van der Waals surface area contributed by atoms with Crippen LogP contribution in [0, 0.1) is 5.92 Å². The summed E-state index contributed by atoms with van der Waals surface area (Å²) < 4.78 is 0. The monoisotopic (exact) mass is 327 g/mol. The van der Waals surface area contributed by atoms with Gasteiger partial charge in [-0.1, -0.05) is 54.6 Å². The summed E-state index contributed by atoms with van der Waals surface area (Å²) in [5.74, 6) is -2.19. The normalized spacial score (nSPS) is 13.2. The minimum absolute atomic E-state index is 0.275. The van der Waals surface area contributed by atoms with Crippen molar-refractivity contribution in [3.63, 3.8) is 0 Å². The van der Waals surface area contributed by atoms with Crippen LogP contribution in [0.5, 0.6) is 0 Å². The molecule has 2 aromatic carbocycles. The average molecular weight is 327 g/mol. The highest BCUT2D eigenvalue weighted by Crippen LogP contribution is 2.21. The van der Waals surface area contributed by atoms with Gasteiger partial charge in [-0.2, -0.15) is 0 Å². The summed E-state index contributed by atoms with van der Waals surface area (Å²) in [4.78, 5) is 22.8. The molecular formula is C19H21NO4. The van der Waals surface area contributed by atoms with Crippen LogP contribution in [0.3, 0.4) is 0 Å². The summed E-state index contributed by atoms with van der Waals surface area (Å²) in [7, 11) is 0. The van der Waals surface area contributed by atoms with Gasteiger partial charge in [0.25, 0.3) is 0 Å². The van der Waals surface area contributed by atoms with Crippen molar-refractivity contribution in [1.29, 1.82) is 0 Å². The Morgan fingerprint density at radius 3 is 2.08 bits per heavy atom. The highest BCUT2D eigenvalue weighted by Gasteiger charge is 2.23. The lowest BCUT2D eigenvalue weighted by Gasteiger charge is -2.15. The predicted octanol–water partition coefficient (Wildman–Crippen LogP) is 1.88. The molecule has 0 aliphatic heterocycles. The topological polar surface area (TPSA) is 101 Å². The third kappa shape index (κ3) is 4.75. The average Bonchev–Trinajstić information content (AvgIpc) is 2.60. The minimum Gasteiger partial charge on any atom is -0.480 e. The highest BCUT2D eigenvalue weighted by molar-refractivity contribution is 5.87. The number of carboxylic acid groups (broad SMARTS) is 1. The molecule has 0 bridgehead atoms. The second kappa shape index (κ2) is 8.38. The molecule has 0 aliphatic rings. The van der Waals surface area contributed by atoms with Crippen molar-refractivity contribution in [2.75, 3.05) is 6.61 Å². The summed E-state index contributed by atoms with van der Waals surface area (Å²) in [5, 5.41) is 18.2. The predicted molar refractivity (Wildman–Crippen MR) is 91.4 cm³/mol. The fraction of sp³-hybridized carbons (Fsp3) is 0.263. The number of hydrogen-bond acceptors (Lipinski definition) is 4. The first-order chi connectivity index (χ1) is 11.5. The van der Waals surface area contributed by atoms with E-state index >= 15 is 0 Å². The lowest BCUT2D eigenvalue weighted by Crippen LogP contribution is -2.35. The number of carbonyl (C=O) groups excluding carboxylic acids is 1. The molecular weight excluding hydrogens is 306 g/mol. The number of nitrogens with two attached hydrogens (primary N) is 1. The number of hydrogen-bond donors (Lipinski definition) is 3. The van der Waals surface area contributed by atoms with Gasteiger partial charge >= 0.3 is 5.97 Å². The van der Waals surface area contributed by atoms with Gasteiger partial charge in [-0.15, -0.1) is 0 Å². The van der Waals surface area contributed by atoms with Gasteiger partial charge < -0.3 is 15.9 Å². The van der Waals surface area contributed by atoms with Gasteiger partial charge in [0.1, 0.15) is 11.8 Å². The van der Waals surface area contributed by atoms with Crippen LogP contribution in [-0.4, -0.2) is 34.6 Å². The standard InChI is InChI=1S/C19H21NO4/c20-17(19(23)24)11-18(22)16(12-21)10-13-6-8-15(9-7-13)14-4-2-1-3-5-14/h1-9,16-17,21H,10-12,20H2,(H,23,24). The maximum absolute atomic E-state index is 12.1. The van der Waals surface area contributed by atoms with Crippen molar-refractivity contribution < 1.29 is 19.8 Å². The SMILES string of the molecule is NC(CC(=O)C(CO)Cc1ccc(-c2ccccc2)cc1)C(=O)O. The zero-order valence-electron chi connectivity index (χ0n) is 13.3. The van der Waals surface area contributed by atoms with Crippen molar-refractivity contribution >= 4 is 11.8 Å². The molecule has 0 amide bonds. The molecule has 0 saturated heterocycles. The lowest BCUT2D eigenvalue weighted by atomic mass is 9.91. The van der Waals surface area contributed by atoms with Gasteiger partial charge in [0.2, 0.25) is 0 Å². The summed E-state index contributed by atoms with van der Waals surface area (Å²) in [6.07, 6.45) is 0.0827. The maximum atomic E-state index is 12.1. The Labute approximate surface area is 140 Å². The Morgan fingerprint density at radius 1 is 0.958 bits per heavy atom. The van der Waals surface area contributed by atoms with Crippen LogP contribution >= 0.6 is 0 Å². The Bertz CT molecular complexity index is 682. The number of aliphatic hydroxyl groups is 1. The van der Waals surface area contributed by atoms with E-state index in [1.807, 2.05) is 54.6 Å². The second-order valence-electron chi connectivity index (χ2n) is 5.76. The third-order valence-electron chi connectivity index (χ3n) is 3.96. The zero-order chi connectivity index (χ0) is 17.5. The molecule has 2 unspecified atom stereocenters. The molecule has 0 fully saturated rings. The van der Waals surface area contributed by atoms with Crippen molar-refractivity contribution in [2.24, 2.45) is 11.7 Å². The molecule has 0 aliphatic carbocycles. The van der Waals surface area contributed by atoms with E-state index in [0.717, 1.165) is 16.7 Å². The molecule has 126 valence electrons. The number of aliphatic carboxylic acids is 1. The van der Waals surface area contributed by atoms with E-state index < -0.39 is 17.9 Å². The zero-order valence-corrected chi connectivity index (χ0v) is 13.3. The van der Waals surface area contributed by atoms with Crippen molar-refractivity contribution in [1.82, 2.24) is 0 Å². The lowest BCUT2D eigenvalue weighted by molar-refractivity contribution is -0.140. The first-order valence-corrected chi connectivity index (χ1v) is 7.77. The quantitative estimate of drug-likeness (QED) is 0.687. The molecule has 24 heavy (non-hydrogen) atoms. The van der Waals surface area contributed by atoms with Gasteiger partial charge in [0.05, 0.1) is 6.61 Å². The third-order valence-corrected chi connectivity index (χ3v) is 3.96. The minimum atomic E-state index is -1.23. The van der Waals surface area contributed by atoms with E-state index in [4.69, 9.17) is 10.8 Å². The molecule has 5 nitrogen and oxygen atoms in total. The molecule has 2 atom stereocenters. The number of Topliss-reactive ketones (excluding diaryl/α,β-unsaturated/α-hetero) is 1. The van der Waals surface area contributed by atoms with Gasteiger partial charge in [0.15, 0.2) is 0 Å². The van der Waals surface area contributed by atoms with Gasteiger partial charge in [0, 0.05) is 12.3 Å². The Hall–Kier alpha value is -2.50. The van der Waals surface area contributed by atoms with Crippen molar-refractivity contribution in [3.05, 3.63) is 60.2 Å². The summed E-state index contributed by atoms with van der Waals surface area (Å²) in [6, 6.07) is 16.4. The molecule has 4 N–H and O–H groups in total. The van der Waals surface area contributed by atoms with Gasteiger partial charge in [-0.05, 0) is 23.1 Å². The summed E-state index contributed by atoms with van der Waals surface area (Å²) >= 11 is 0. The molecule has 0 heterocycles. The number of rotatable bonds is 8. The molecule has 0 spiro atoms. The van der Waals surface area contributed by atoms with Crippen LogP contribution in [0.15, 0.2) is 54.6 Å². The maximum Gasteiger partial charge on any atom is 0.320 e. The number of benzene rings is 2. The molecule has 2 aromatic rings. The molecule has 5 heteroatoms. The number of ketones is 1. The Morgan fingerprint density at radius 2 is 1.54 bits per heavy atom. The Kier molecular flexibility index (Phi) is 6.23. The molecule has 0 saturated carbocycles. The van der Waals surface area contributed by atoms with Crippen LogP contribution in [-0.2, 0) is 16.0 Å². The van der Waals surface area contributed by atoms with Crippen LogP contribution < -0.4 is 5.73 Å². The molecule has 0 radical (unpaired) electrons. The first kappa shape index (κ1) is 17.8.